The molecule has 1 aromatic heterocycles. The SMILES string of the molecule is CCc1nc(-c2ccccc2)n(CCC#N)c1Cl. The van der Waals surface area contributed by atoms with E-state index >= 15 is 0 Å². The van der Waals surface area contributed by atoms with Gasteiger partial charge in [0, 0.05) is 12.1 Å². The second-order valence-electron chi connectivity index (χ2n) is 3.95. The molecule has 0 saturated carbocycles. The Hall–Kier alpha value is -1.79. The number of hydrogen-bond acceptors (Lipinski definition) is 2. The third-order valence-corrected chi connectivity index (χ3v) is 3.21. The van der Waals surface area contributed by atoms with Crippen LogP contribution < -0.4 is 0 Å². The molecule has 0 saturated heterocycles. The fourth-order valence-corrected chi connectivity index (χ4v) is 2.22. The van der Waals surface area contributed by atoms with Crippen LogP contribution in [0.4, 0.5) is 0 Å². The van der Waals surface area contributed by atoms with E-state index in [1.165, 1.54) is 0 Å². The van der Waals surface area contributed by atoms with Gasteiger partial charge in [0.05, 0.1) is 18.2 Å². The molecule has 0 aliphatic heterocycles. The van der Waals surface area contributed by atoms with E-state index in [4.69, 9.17) is 16.9 Å². The molecule has 0 radical (unpaired) electrons. The second-order valence-corrected chi connectivity index (χ2v) is 4.31. The van der Waals surface area contributed by atoms with E-state index in [9.17, 15) is 0 Å². The zero-order chi connectivity index (χ0) is 13.0. The van der Waals surface area contributed by atoms with Gasteiger partial charge in [-0.1, -0.05) is 48.9 Å². The molecule has 0 amide bonds. The van der Waals surface area contributed by atoms with Gasteiger partial charge in [0.1, 0.15) is 11.0 Å². The van der Waals surface area contributed by atoms with Gasteiger partial charge in [0.25, 0.3) is 0 Å². The van der Waals surface area contributed by atoms with Crippen molar-refractivity contribution >= 4 is 11.6 Å². The number of nitriles is 1. The number of hydrogen-bond donors (Lipinski definition) is 0. The minimum Gasteiger partial charge on any atom is -0.314 e. The molecule has 0 atom stereocenters. The van der Waals surface area contributed by atoms with Crippen LogP contribution in [0.3, 0.4) is 0 Å². The number of imidazole rings is 1. The number of nitrogens with zero attached hydrogens (tertiary/aromatic N) is 3. The predicted molar refractivity (Wildman–Crippen MR) is 72.3 cm³/mol. The summed E-state index contributed by atoms with van der Waals surface area (Å²) in [6, 6.07) is 12.1. The van der Waals surface area contributed by atoms with Crippen molar-refractivity contribution in [2.24, 2.45) is 0 Å². The number of halogens is 1. The lowest BCUT2D eigenvalue weighted by Gasteiger charge is -2.06. The minimum atomic E-state index is 0.430. The van der Waals surface area contributed by atoms with Crippen LogP contribution in [0.2, 0.25) is 5.15 Å². The van der Waals surface area contributed by atoms with Crippen molar-refractivity contribution in [1.29, 1.82) is 5.26 Å². The Labute approximate surface area is 112 Å². The summed E-state index contributed by atoms with van der Waals surface area (Å²) in [4.78, 5) is 4.57. The molecule has 3 nitrogen and oxygen atoms in total. The van der Waals surface area contributed by atoms with Crippen LogP contribution in [0.25, 0.3) is 11.4 Å². The molecule has 2 aromatic rings. The highest BCUT2D eigenvalue weighted by molar-refractivity contribution is 6.30. The Morgan fingerprint density at radius 2 is 2.06 bits per heavy atom. The maximum atomic E-state index is 8.72. The van der Waals surface area contributed by atoms with E-state index in [0.717, 1.165) is 23.5 Å². The average molecular weight is 260 g/mol. The average Bonchev–Trinajstić information content (AvgIpc) is 2.74. The Bertz CT molecular complexity index is 567. The molecule has 1 aromatic carbocycles. The molecule has 1 heterocycles. The summed E-state index contributed by atoms with van der Waals surface area (Å²) in [7, 11) is 0. The first kappa shape index (κ1) is 12.7. The van der Waals surface area contributed by atoms with E-state index in [0.29, 0.717) is 18.1 Å². The van der Waals surface area contributed by atoms with Gasteiger partial charge in [-0.25, -0.2) is 4.98 Å². The maximum absolute atomic E-state index is 8.72. The Morgan fingerprint density at radius 3 is 2.67 bits per heavy atom. The molecule has 0 spiro atoms. The summed E-state index contributed by atoms with van der Waals surface area (Å²) in [5.74, 6) is 0.840. The fraction of sp³-hybridized carbons (Fsp3) is 0.286. The molecular weight excluding hydrogens is 246 g/mol. The standard InChI is InChI=1S/C14H14ClN3/c1-2-12-13(15)18(10-6-9-16)14(17-12)11-7-4-3-5-8-11/h3-5,7-8H,2,6,10H2,1H3. The van der Waals surface area contributed by atoms with Gasteiger partial charge < -0.3 is 4.57 Å². The van der Waals surface area contributed by atoms with Crippen LogP contribution in [0, 0.1) is 11.3 Å². The van der Waals surface area contributed by atoms with Crippen LogP contribution in [-0.2, 0) is 13.0 Å². The van der Waals surface area contributed by atoms with Crippen molar-refractivity contribution < 1.29 is 0 Å². The Balaban J connectivity index is 2.49. The van der Waals surface area contributed by atoms with E-state index in [2.05, 4.69) is 11.1 Å². The molecule has 0 bridgehead atoms. The summed E-state index contributed by atoms with van der Waals surface area (Å²) in [5.41, 5.74) is 1.91. The first-order valence-electron chi connectivity index (χ1n) is 5.95. The van der Waals surface area contributed by atoms with E-state index < -0.39 is 0 Å². The lowest BCUT2D eigenvalue weighted by atomic mass is 10.2. The largest absolute Gasteiger partial charge is 0.314 e. The molecule has 2 rings (SSSR count). The van der Waals surface area contributed by atoms with Gasteiger partial charge in [0.15, 0.2) is 0 Å². The van der Waals surface area contributed by atoms with Gasteiger partial charge in [-0.3, -0.25) is 0 Å². The van der Waals surface area contributed by atoms with Gasteiger partial charge in [-0.05, 0) is 6.42 Å². The van der Waals surface area contributed by atoms with Crippen LogP contribution in [0.15, 0.2) is 30.3 Å². The van der Waals surface area contributed by atoms with Crippen molar-refractivity contribution in [3.8, 4) is 17.5 Å². The first-order chi connectivity index (χ1) is 8.77. The second kappa shape index (κ2) is 5.70. The van der Waals surface area contributed by atoms with Crippen LogP contribution in [0.1, 0.15) is 19.0 Å². The van der Waals surface area contributed by atoms with Crippen molar-refractivity contribution in [3.05, 3.63) is 41.2 Å². The van der Waals surface area contributed by atoms with Crippen LogP contribution in [0.5, 0.6) is 0 Å². The monoisotopic (exact) mass is 259 g/mol. The quantitative estimate of drug-likeness (QED) is 0.840. The summed E-state index contributed by atoms with van der Waals surface area (Å²) in [6.45, 7) is 2.60. The minimum absolute atomic E-state index is 0.430. The summed E-state index contributed by atoms with van der Waals surface area (Å²) in [5, 5.41) is 9.36. The fourth-order valence-electron chi connectivity index (χ4n) is 1.88. The zero-order valence-electron chi connectivity index (χ0n) is 10.2. The number of rotatable bonds is 4. The molecule has 0 N–H and O–H groups in total. The maximum Gasteiger partial charge on any atom is 0.141 e. The molecule has 92 valence electrons. The van der Waals surface area contributed by atoms with Crippen molar-refractivity contribution in [3.63, 3.8) is 0 Å². The van der Waals surface area contributed by atoms with Crippen LogP contribution in [-0.4, -0.2) is 9.55 Å². The molecule has 0 fully saturated rings. The highest BCUT2D eigenvalue weighted by Crippen LogP contribution is 2.26. The molecule has 18 heavy (non-hydrogen) atoms. The van der Waals surface area contributed by atoms with Crippen LogP contribution >= 0.6 is 11.6 Å². The van der Waals surface area contributed by atoms with Gasteiger partial charge in [0.2, 0.25) is 0 Å². The summed E-state index contributed by atoms with van der Waals surface area (Å²) < 4.78 is 1.92. The molecule has 0 aliphatic rings. The smallest absolute Gasteiger partial charge is 0.141 e. The Kier molecular flexibility index (Phi) is 4.01. The third-order valence-electron chi connectivity index (χ3n) is 2.79. The lowest BCUT2D eigenvalue weighted by molar-refractivity contribution is 0.722. The normalized spacial score (nSPS) is 10.3. The Morgan fingerprint density at radius 1 is 1.33 bits per heavy atom. The van der Waals surface area contributed by atoms with E-state index in [1.807, 2.05) is 41.8 Å². The van der Waals surface area contributed by atoms with Gasteiger partial charge in [-0.2, -0.15) is 5.26 Å². The van der Waals surface area contributed by atoms with E-state index in [-0.39, 0.29) is 0 Å². The first-order valence-corrected chi connectivity index (χ1v) is 6.33. The number of aromatic nitrogens is 2. The van der Waals surface area contributed by atoms with Crippen molar-refractivity contribution in [2.75, 3.05) is 0 Å². The molecule has 0 aliphatic carbocycles. The molecule has 0 unspecified atom stereocenters. The van der Waals surface area contributed by atoms with Gasteiger partial charge in [-0.15, -0.1) is 0 Å². The topological polar surface area (TPSA) is 41.6 Å². The summed E-state index contributed by atoms with van der Waals surface area (Å²) >= 11 is 6.31. The lowest BCUT2D eigenvalue weighted by Crippen LogP contribution is -2.00. The highest BCUT2D eigenvalue weighted by Gasteiger charge is 2.15. The highest BCUT2D eigenvalue weighted by atomic mass is 35.5. The van der Waals surface area contributed by atoms with Crippen molar-refractivity contribution in [2.45, 2.75) is 26.3 Å². The molecular formula is C14H14ClN3. The number of aryl methyl sites for hydroxylation is 1. The molecule has 4 heteroatoms. The third kappa shape index (κ3) is 2.39. The van der Waals surface area contributed by atoms with E-state index in [1.54, 1.807) is 0 Å². The number of benzene rings is 1. The van der Waals surface area contributed by atoms with Crippen molar-refractivity contribution in [1.82, 2.24) is 9.55 Å². The summed E-state index contributed by atoms with van der Waals surface area (Å²) in [6.07, 6.45) is 1.22. The predicted octanol–water partition coefficient (Wildman–Crippen LogP) is 3.68. The van der Waals surface area contributed by atoms with Gasteiger partial charge >= 0.3 is 0 Å². The zero-order valence-corrected chi connectivity index (χ0v) is 11.0.